The number of carbonyl (C=O) groups is 1. The molecule has 0 N–H and O–H groups in total. The molecule has 2 nitrogen and oxygen atoms in total. The lowest BCUT2D eigenvalue weighted by Gasteiger charge is -2.00. The van der Waals surface area contributed by atoms with Crippen LogP contribution in [-0.2, 0) is 9.53 Å². The third-order valence-electron chi connectivity index (χ3n) is 3.50. The number of rotatable bonds is 15. The Kier molecular flexibility index (Phi) is 17.2. The molecule has 0 fully saturated rings. The molecule has 3 heteroatoms. The summed E-state index contributed by atoms with van der Waals surface area (Å²) in [5.41, 5.74) is 0. The normalized spacial score (nSPS) is 11.1. The molecule has 0 saturated heterocycles. The molecule has 0 aromatic heterocycles. The minimum Gasteiger partial charge on any atom is -0.469 e. The van der Waals surface area contributed by atoms with Crippen molar-refractivity contribution in [2.75, 3.05) is 18.6 Å². The van der Waals surface area contributed by atoms with Crippen molar-refractivity contribution < 1.29 is 9.53 Å². The molecule has 0 aliphatic heterocycles. The minimum absolute atomic E-state index is 0.0786. The van der Waals surface area contributed by atoms with Crippen LogP contribution in [0.25, 0.3) is 0 Å². The van der Waals surface area contributed by atoms with E-state index in [0.717, 1.165) is 12.8 Å². The minimum atomic E-state index is -0.0786. The smallest absolute Gasteiger partial charge is 0.305 e. The molecule has 0 bridgehead atoms. The summed E-state index contributed by atoms with van der Waals surface area (Å²) in [5.74, 6) is 2.40. The van der Waals surface area contributed by atoms with Gasteiger partial charge in [0.15, 0.2) is 0 Å². The molecule has 124 valence electrons. The lowest BCUT2D eigenvalue weighted by molar-refractivity contribution is -0.140. The molecule has 0 heterocycles. The van der Waals surface area contributed by atoms with E-state index < -0.39 is 0 Å². The van der Waals surface area contributed by atoms with E-state index in [9.17, 15) is 4.79 Å². The van der Waals surface area contributed by atoms with Gasteiger partial charge in [0.2, 0.25) is 0 Å². The maximum Gasteiger partial charge on any atom is 0.305 e. The van der Waals surface area contributed by atoms with Gasteiger partial charge in [0, 0.05) is 12.2 Å². The van der Waals surface area contributed by atoms with Gasteiger partial charge in [0.25, 0.3) is 0 Å². The van der Waals surface area contributed by atoms with Crippen LogP contribution in [0.15, 0.2) is 12.2 Å². The first-order valence-electron chi connectivity index (χ1n) is 8.60. The van der Waals surface area contributed by atoms with Crippen molar-refractivity contribution in [3.05, 3.63) is 12.2 Å². The van der Waals surface area contributed by atoms with Crippen LogP contribution in [0.2, 0.25) is 0 Å². The summed E-state index contributed by atoms with van der Waals surface area (Å²) in [6, 6.07) is 0. The standard InChI is InChI=1S/C18H34O2S/c1-3-4-5-13-16-21-17-14-11-9-7-6-8-10-12-15-18(19)20-2/h11,14H,3-10,12-13,15-17H2,1-2H3. The van der Waals surface area contributed by atoms with Gasteiger partial charge in [-0.3, -0.25) is 4.79 Å². The van der Waals surface area contributed by atoms with Crippen LogP contribution < -0.4 is 0 Å². The van der Waals surface area contributed by atoms with Gasteiger partial charge in [0.05, 0.1) is 7.11 Å². The number of ether oxygens (including phenoxy) is 1. The van der Waals surface area contributed by atoms with Gasteiger partial charge in [-0.1, -0.05) is 57.6 Å². The van der Waals surface area contributed by atoms with Crippen molar-refractivity contribution in [3.8, 4) is 0 Å². The molecule has 21 heavy (non-hydrogen) atoms. The summed E-state index contributed by atoms with van der Waals surface area (Å²) in [4.78, 5) is 10.9. The zero-order chi connectivity index (χ0) is 15.6. The largest absolute Gasteiger partial charge is 0.469 e. The molecule has 0 saturated carbocycles. The molecule has 0 radical (unpaired) electrons. The quantitative estimate of drug-likeness (QED) is 0.218. The lowest BCUT2D eigenvalue weighted by atomic mass is 10.1. The second-order valence-electron chi connectivity index (χ2n) is 5.49. The second-order valence-corrected chi connectivity index (χ2v) is 6.64. The first kappa shape index (κ1) is 20.6. The summed E-state index contributed by atoms with van der Waals surface area (Å²) in [5, 5.41) is 0. The number of carbonyl (C=O) groups excluding carboxylic acids is 1. The van der Waals surface area contributed by atoms with E-state index in [1.807, 2.05) is 0 Å². The summed E-state index contributed by atoms with van der Waals surface area (Å²) in [7, 11) is 1.46. The SMILES string of the molecule is CCCCCCSCC=CCCCCCCCC(=O)OC. The van der Waals surface area contributed by atoms with Crippen molar-refractivity contribution in [2.45, 2.75) is 77.6 Å². The first-order chi connectivity index (χ1) is 10.3. The highest BCUT2D eigenvalue weighted by molar-refractivity contribution is 7.99. The fourth-order valence-electron chi connectivity index (χ4n) is 2.13. The van der Waals surface area contributed by atoms with Crippen LogP contribution in [0.4, 0.5) is 0 Å². The van der Waals surface area contributed by atoms with Crippen LogP contribution in [0.1, 0.15) is 77.6 Å². The third kappa shape index (κ3) is 17.5. The predicted octanol–water partition coefficient (Wildman–Crippen LogP) is 5.76. The van der Waals surface area contributed by atoms with Crippen LogP contribution in [-0.4, -0.2) is 24.6 Å². The number of thioether (sulfide) groups is 1. The Morgan fingerprint density at radius 2 is 1.67 bits per heavy atom. The van der Waals surface area contributed by atoms with Crippen molar-refractivity contribution in [3.63, 3.8) is 0 Å². The highest BCUT2D eigenvalue weighted by Gasteiger charge is 1.98. The van der Waals surface area contributed by atoms with E-state index in [1.54, 1.807) is 0 Å². The summed E-state index contributed by atoms with van der Waals surface area (Å²) < 4.78 is 4.62. The zero-order valence-corrected chi connectivity index (χ0v) is 14.9. The Morgan fingerprint density at radius 1 is 0.952 bits per heavy atom. The van der Waals surface area contributed by atoms with Gasteiger partial charge in [0.1, 0.15) is 0 Å². The van der Waals surface area contributed by atoms with Gasteiger partial charge in [-0.05, 0) is 31.4 Å². The number of allylic oxidation sites excluding steroid dienone is 1. The molecule has 0 aromatic carbocycles. The molecular weight excluding hydrogens is 280 g/mol. The number of unbranched alkanes of at least 4 members (excludes halogenated alkanes) is 8. The van der Waals surface area contributed by atoms with Crippen molar-refractivity contribution >= 4 is 17.7 Å². The molecule has 0 rings (SSSR count). The molecule has 0 amide bonds. The molecule has 0 aliphatic carbocycles. The highest BCUT2D eigenvalue weighted by atomic mass is 32.2. The van der Waals surface area contributed by atoms with Crippen LogP contribution >= 0.6 is 11.8 Å². The number of hydrogen-bond donors (Lipinski definition) is 0. The Labute approximate surface area is 136 Å². The van der Waals surface area contributed by atoms with Crippen LogP contribution in [0.3, 0.4) is 0 Å². The predicted molar refractivity (Wildman–Crippen MR) is 94.9 cm³/mol. The van der Waals surface area contributed by atoms with Crippen molar-refractivity contribution in [1.82, 2.24) is 0 Å². The first-order valence-corrected chi connectivity index (χ1v) is 9.76. The van der Waals surface area contributed by atoms with E-state index >= 15 is 0 Å². The molecular formula is C18H34O2S. The molecule has 0 unspecified atom stereocenters. The fraction of sp³-hybridized carbons (Fsp3) is 0.833. The number of esters is 1. The Balaban J connectivity index is 3.10. The average Bonchev–Trinajstić information content (AvgIpc) is 2.50. The Morgan fingerprint density at radius 3 is 2.43 bits per heavy atom. The van der Waals surface area contributed by atoms with Gasteiger partial charge < -0.3 is 4.74 Å². The zero-order valence-electron chi connectivity index (χ0n) is 14.1. The van der Waals surface area contributed by atoms with E-state index in [1.165, 1.54) is 70.0 Å². The topological polar surface area (TPSA) is 26.3 Å². The molecule has 0 spiro atoms. The van der Waals surface area contributed by atoms with E-state index in [2.05, 4.69) is 35.6 Å². The van der Waals surface area contributed by atoms with Gasteiger partial charge in [-0.25, -0.2) is 0 Å². The van der Waals surface area contributed by atoms with E-state index in [-0.39, 0.29) is 5.97 Å². The summed E-state index contributed by atoms with van der Waals surface area (Å²) in [6.45, 7) is 2.26. The number of hydrogen-bond acceptors (Lipinski definition) is 3. The van der Waals surface area contributed by atoms with Crippen molar-refractivity contribution in [1.29, 1.82) is 0 Å². The summed E-state index contributed by atoms with van der Waals surface area (Å²) >= 11 is 2.05. The maximum absolute atomic E-state index is 10.9. The molecule has 0 aliphatic rings. The van der Waals surface area contributed by atoms with Crippen LogP contribution in [0.5, 0.6) is 0 Å². The molecule has 0 atom stereocenters. The van der Waals surface area contributed by atoms with E-state index in [4.69, 9.17) is 0 Å². The third-order valence-corrected chi connectivity index (χ3v) is 4.51. The lowest BCUT2D eigenvalue weighted by Crippen LogP contribution is -1.99. The van der Waals surface area contributed by atoms with Gasteiger partial charge in [-0.15, -0.1) is 0 Å². The van der Waals surface area contributed by atoms with Gasteiger partial charge in [-0.2, -0.15) is 11.8 Å². The second kappa shape index (κ2) is 17.6. The van der Waals surface area contributed by atoms with Gasteiger partial charge >= 0.3 is 5.97 Å². The summed E-state index contributed by atoms with van der Waals surface area (Å²) in [6.07, 6.45) is 17.8. The monoisotopic (exact) mass is 314 g/mol. The highest BCUT2D eigenvalue weighted by Crippen LogP contribution is 2.10. The fourth-order valence-corrected chi connectivity index (χ4v) is 2.98. The molecule has 0 aromatic rings. The van der Waals surface area contributed by atoms with Crippen molar-refractivity contribution in [2.24, 2.45) is 0 Å². The van der Waals surface area contributed by atoms with Crippen LogP contribution in [0, 0.1) is 0 Å². The van der Waals surface area contributed by atoms with E-state index in [0.29, 0.717) is 6.42 Å². The Bertz CT molecular complexity index is 252. The average molecular weight is 315 g/mol. The maximum atomic E-state index is 10.9. The number of methoxy groups -OCH3 is 1. The Hall–Kier alpha value is -0.440.